The van der Waals surface area contributed by atoms with E-state index in [-0.39, 0.29) is 12.2 Å². The Bertz CT molecular complexity index is 662. The van der Waals surface area contributed by atoms with Gasteiger partial charge in [-0.2, -0.15) is 0 Å². The molecular weight excluding hydrogens is 230 g/mol. The second-order valence-electron chi connectivity index (χ2n) is 3.93. The van der Waals surface area contributed by atoms with Gasteiger partial charge < -0.3 is 14.4 Å². The average molecular weight is 243 g/mol. The van der Waals surface area contributed by atoms with Crippen LogP contribution in [0.5, 0.6) is 5.75 Å². The molecule has 0 spiro atoms. The molecule has 0 saturated carbocycles. The lowest BCUT2D eigenvalue weighted by Crippen LogP contribution is -2.09. The smallest absolute Gasteiger partial charge is 0.352 e. The Morgan fingerprint density at radius 3 is 2.83 bits per heavy atom. The minimum absolute atomic E-state index is 0.201. The lowest BCUT2D eigenvalue weighted by molar-refractivity contribution is 0.0685. The Morgan fingerprint density at radius 2 is 2.28 bits per heavy atom. The van der Waals surface area contributed by atoms with E-state index in [9.17, 15) is 9.90 Å². The number of hydrogen-bond donors (Lipinski definition) is 1. The molecule has 0 atom stereocenters. The molecule has 0 radical (unpaired) electrons. The molecule has 1 aromatic heterocycles. The van der Waals surface area contributed by atoms with Crippen molar-refractivity contribution in [2.24, 2.45) is 0 Å². The van der Waals surface area contributed by atoms with Crippen LogP contribution in [0.25, 0.3) is 10.9 Å². The summed E-state index contributed by atoms with van der Waals surface area (Å²) in [6, 6.07) is 5.49. The Balaban J connectivity index is 2.93. The largest absolute Gasteiger partial charge is 0.495 e. The standard InChI is InChI=1S/C14H13NO3/c1-4-8-15-12(14(16)17)9(2)10-6-5-7-11(18-3)13(10)15/h1,5-7H,8H2,2-3H3,(H,16,17). The van der Waals surface area contributed by atoms with Gasteiger partial charge in [0.15, 0.2) is 0 Å². The van der Waals surface area contributed by atoms with Crippen LogP contribution in [0.15, 0.2) is 18.2 Å². The van der Waals surface area contributed by atoms with E-state index in [1.54, 1.807) is 24.7 Å². The molecule has 1 N–H and O–H groups in total. The number of carboxylic acid groups (broad SMARTS) is 1. The molecule has 92 valence electrons. The monoisotopic (exact) mass is 243 g/mol. The van der Waals surface area contributed by atoms with E-state index >= 15 is 0 Å². The van der Waals surface area contributed by atoms with Crippen LogP contribution in [-0.2, 0) is 6.54 Å². The molecule has 1 heterocycles. The Kier molecular flexibility index (Phi) is 2.99. The van der Waals surface area contributed by atoms with Gasteiger partial charge in [0.25, 0.3) is 0 Å². The number of carboxylic acids is 1. The topological polar surface area (TPSA) is 51.5 Å². The maximum absolute atomic E-state index is 11.4. The van der Waals surface area contributed by atoms with Crippen molar-refractivity contribution in [2.45, 2.75) is 13.5 Å². The third-order valence-corrected chi connectivity index (χ3v) is 2.97. The van der Waals surface area contributed by atoms with Crippen molar-refractivity contribution in [3.8, 4) is 18.1 Å². The number of aromatic nitrogens is 1. The van der Waals surface area contributed by atoms with E-state index in [1.165, 1.54) is 0 Å². The zero-order chi connectivity index (χ0) is 13.3. The number of methoxy groups -OCH3 is 1. The number of benzene rings is 1. The zero-order valence-electron chi connectivity index (χ0n) is 10.2. The van der Waals surface area contributed by atoms with Crippen molar-refractivity contribution in [1.82, 2.24) is 4.57 Å². The van der Waals surface area contributed by atoms with Crippen LogP contribution < -0.4 is 4.74 Å². The highest BCUT2D eigenvalue weighted by Crippen LogP contribution is 2.32. The number of ether oxygens (including phenoxy) is 1. The first-order valence-electron chi connectivity index (χ1n) is 5.44. The summed E-state index contributed by atoms with van der Waals surface area (Å²) in [5.74, 6) is 2.12. The van der Waals surface area contributed by atoms with Crippen LogP contribution in [0.1, 0.15) is 16.1 Å². The van der Waals surface area contributed by atoms with Gasteiger partial charge in [-0.15, -0.1) is 6.42 Å². The van der Waals surface area contributed by atoms with Crippen LogP contribution in [0.2, 0.25) is 0 Å². The van der Waals surface area contributed by atoms with E-state index < -0.39 is 5.97 Å². The predicted octanol–water partition coefficient (Wildman–Crippen LogP) is 2.29. The number of rotatable bonds is 3. The lowest BCUT2D eigenvalue weighted by atomic mass is 10.1. The Hall–Kier alpha value is -2.41. The van der Waals surface area contributed by atoms with E-state index in [4.69, 9.17) is 11.2 Å². The van der Waals surface area contributed by atoms with E-state index in [2.05, 4.69) is 5.92 Å². The summed E-state index contributed by atoms with van der Waals surface area (Å²) in [7, 11) is 1.55. The first kappa shape index (κ1) is 12.1. The van der Waals surface area contributed by atoms with E-state index in [0.717, 1.165) is 10.9 Å². The number of aryl methyl sites for hydroxylation is 1. The van der Waals surface area contributed by atoms with Crippen molar-refractivity contribution in [3.63, 3.8) is 0 Å². The molecule has 4 nitrogen and oxygen atoms in total. The van der Waals surface area contributed by atoms with Crippen molar-refractivity contribution in [1.29, 1.82) is 0 Å². The van der Waals surface area contributed by atoms with Crippen LogP contribution in [-0.4, -0.2) is 22.8 Å². The van der Waals surface area contributed by atoms with Crippen molar-refractivity contribution >= 4 is 16.9 Å². The molecule has 0 unspecified atom stereocenters. The van der Waals surface area contributed by atoms with Crippen LogP contribution in [0.3, 0.4) is 0 Å². The van der Waals surface area contributed by atoms with Crippen molar-refractivity contribution < 1.29 is 14.6 Å². The molecule has 0 saturated heterocycles. The number of fused-ring (bicyclic) bond motifs is 1. The minimum atomic E-state index is -0.985. The summed E-state index contributed by atoms with van der Waals surface area (Å²) in [6.45, 7) is 1.98. The number of aromatic carboxylic acids is 1. The molecule has 0 amide bonds. The predicted molar refractivity (Wildman–Crippen MR) is 69.0 cm³/mol. The first-order chi connectivity index (χ1) is 8.61. The van der Waals surface area contributed by atoms with Crippen molar-refractivity contribution in [2.75, 3.05) is 7.11 Å². The second kappa shape index (κ2) is 4.46. The number of para-hydroxylation sites is 1. The second-order valence-corrected chi connectivity index (χ2v) is 3.93. The molecule has 2 aromatic rings. The number of nitrogens with zero attached hydrogens (tertiary/aromatic N) is 1. The van der Waals surface area contributed by atoms with Gasteiger partial charge in [0.2, 0.25) is 0 Å². The lowest BCUT2D eigenvalue weighted by Gasteiger charge is -2.07. The van der Waals surface area contributed by atoms with E-state index in [0.29, 0.717) is 11.3 Å². The zero-order valence-corrected chi connectivity index (χ0v) is 10.2. The van der Waals surface area contributed by atoms with Gasteiger partial charge in [-0.25, -0.2) is 4.79 Å². The molecule has 0 aliphatic rings. The fourth-order valence-electron chi connectivity index (χ4n) is 2.24. The first-order valence-corrected chi connectivity index (χ1v) is 5.44. The molecule has 1 aromatic carbocycles. The molecule has 0 aliphatic carbocycles. The van der Waals surface area contributed by atoms with Gasteiger partial charge in [0, 0.05) is 5.39 Å². The number of terminal acetylenes is 1. The summed E-state index contributed by atoms with van der Waals surface area (Å²) >= 11 is 0. The molecule has 0 bridgehead atoms. The highest BCUT2D eigenvalue weighted by molar-refractivity contribution is 6.00. The Labute approximate surface area is 105 Å². The van der Waals surface area contributed by atoms with Crippen molar-refractivity contribution in [3.05, 3.63) is 29.5 Å². The van der Waals surface area contributed by atoms with Gasteiger partial charge >= 0.3 is 5.97 Å². The molecular formula is C14H13NO3. The average Bonchev–Trinajstić information content (AvgIpc) is 2.63. The number of carbonyl (C=O) groups is 1. The molecule has 18 heavy (non-hydrogen) atoms. The molecule has 4 heteroatoms. The van der Waals surface area contributed by atoms with Crippen LogP contribution >= 0.6 is 0 Å². The summed E-state index contributed by atoms with van der Waals surface area (Å²) < 4.78 is 6.88. The van der Waals surface area contributed by atoms with Gasteiger partial charge in [-0.05, 0) is 18.6 Å². The summed E-state index contributed by atoms with van der Waals surface area (Å²) in [4.78, 5) is 11.4. The molecule has 0 aliphatic heterocycles. The number of hydrogen-bond acceptors (Lipinski definition) is 2. The third-order valence-electron chi connectivity index (χ3n) is 2.97. The quantitative estimate of drug-likeness (QED) is 0.841. The van der Waals surface area contributed by atoms with Gasteiger partial charge in [-0.3, -0.25) is 0 Å². The highest BCUT2D eigenvalue weighted by Gasteiger charge is 2.21. The minimum Gasteiger partial charge on any atom is -0.495 e. The third kappa shape index (κ3) is 1.61. The fourth-order valence-corrected chi connectivity index (χ4v) is 2.24. The van der Waals surface area contributed by atoms with Crippen LogP contribution in [0.4, 0.5) is 0 Å². The van der Waals surface area contributed by atoms with Gasteiger partial charge in [0.05, 0.1) is 19.2 Å². The summed E-state index contributed by atoms with van der Waals surface area (Å²) in [5, 5.41) is 10.2. The summed E-state index contributed by atoms with van der Waals surface area (Å²) in [5.41, 5.74) is 1.65. The van der Waals surface area contributed by atoms with E-state index in [1.807, 2.05) is 12.1 Å². The molecule has 2 rings (SSSR count). The molecule has 0 fully saturated rings. The normalized spacial score (nSPS) is 10.3. The SMILES string of the molecule is C#CCn1c(C(=O)O)c(C)c2cccc(OC)c21. The maximum atomic E-state index is 11.4. The van der Waals surface area contributed by atoms with Gasteiger partial charge in [0.1, 0.15) is 11.4 Å². The van der Waals surface area contributed by atoms with Gasteiger partial charge in [-0.1, -0.05) is 18.1 Å². The highest BCUT2D eigenvalue weighted by atomic mass is 16.5. The maximum Gasteiger partial charge on any atom is 0.352 e. The van der Waals surface area contributed by atoms with Crippen LogP contribution in [0, 0.1) is 19.3 Å². The summed E-state index contributed by atoms with van der Waals surface area (Å²) in [6.07, 6.45) is 5.32. The fraction of sp³-hybridized carbons (Fsp3) is 0.214. The Morgan fingerprint density at radius 1 is 1.56 bits per heavy atom.